The number of hydrogen-bond acceptors (Lipinski definition) is 5. The summed E-state index contributed by atoms with van der Waals surface area (Å²) in [6, 6.07) is 11.6. The van der Waals surface area contributed by atoms with E-state index in [1.807, 2.05) is 0 Å². The van der Waals surface area contributed by atoms with Crippen LogP contribution >= 0.6 is 0 Å². The molecule has 0 unspecified atom stereocenters. The van der Waals surface area contributed by atoms with Crippen molar-refractivity contribution in [3.63, 3.8) is 0 Å². The van der Waals surface area contributed by atoms with Gasteiger partial charge in [0.05, 0.1) is 24.1 Å². The summed E-state index contributed by atoms with van der Waals surface area (Å²) in [7, 11) is -0.527. The molecule has 1 heterocycles. The number of sulfonamides is 1. The molecule has 0 radical (unpaired) electrons. The van der Waals surface area contributed by atoms with Gasteiger partial charge in [-0.3, -0.25) is 9.59 Å². The first-order chi connectivity index (χ1) is 12.3. The van der Waals surface area contributed by atoms with Crippen molar-refractivity contribution in [1.82, 2.24) is 9.29 Å². The Labute approximate surface area is 153 Å². The van der Waals surface area contributed by atoms with Crippen molar-refractivity contribution in [2.45, 2.75) is 24.2 Å². The standard InChI is InChI=1S/C18H22N2O5S/c1-20-14(8-9-16(20)17(21)10-11-18(22)25-2)12-13-19-26(23,24)15-6-4-3-5-7-15/h3-9,19H,10-13H2,1-2H3. The lowest BCUT2D eigenvalue weighted by molar-refractivity contribution is -0.140. The Bertz CT molecular complexity index is 872. The number of hydrogen-bond donors (Lipinski definition) is 1. The van der Waals surface area contributed by atoms with Crippen LogP contribution in [0.15, 0.2) is 47.4 Å². The molecule has 8 heteroatoms. The molecule has 0 fully saturated rings. The molecule has 0 saturated heterocycles. The SMILES string of the molecule is COC(=O)CCC(=O)c1ccc(CCNS(=O)(=O)c2ccccc2)n1C. The molecule has 1 aromatic heterocycles. The average Bonchev–Trinajstić information content (AvgIpc) is 3.00. The first-order valence-electron chi connectivity index (χ1n) is 8.14. The largest absolute Gasteiger partial charge is 0.469 e. The number of carbonyl (C=O) groups is 2. The third-order valence-electron chi connectivity index (χ3n) is 4.02. The van der Waals surface area contributed by atoms with Crippen LogP contribution in [0.2, 0.25) is 0 Å². The van der Waals surface area contributed by atoms with Gasteiger partial charge >= 0.3 is 5.97 Å². The first kappa shape index (κ1) is 19.9. The monoisotopic (exact) mass is 378 g/mol. The Hall–Kier alpha value is -2.45. The van der Waals surface area contributed by atoms with Crippen molar-refractivity contribution >= 4 is 21.8 Å². The van der Waals surface area contributed by atoms with Gasteiger partial charge in [-0.2, -0.15) is 0 Å². The van der Waals surface area contributed by atoms with Gasteiger partial charge in [-0.05, 0) is 24.3 Å². The smallest absolute Gasteiger partial charge is 0.305 e. The fourth-order valence-electron chi connectivity index (χ4n) is 2.53. The number of Topliss-reactive ketones (excluding diaryl/α,β-unsaturated/α-hetero) is 1. The van der Waals surface area contributed by atoms with Crippen LogP contribution in [-0.2, 0) is 33.0 Å². The van der Waals surface area contributed by atoms with Crippen LogP contribution < -0.4 is 4.72 Å². The van der Waals surface area contributed by atoms with Gasteiger partial charge in [-0.15, -0.1) is 0 Å². The van der Waals surface area contributed by atoms with Crippen LogP contribution in [0.25, 0.3) is 0 Å². The van der Waals surface area contributed by atoms with Gasteiger partial charge in [0.2, 0.25) is 10.0 Å². The summed E-state index contributed by atoms with van der Waals surface area (Å²) in [4.78, 5) is 23.5. The van der Waals surface area contributed by atoms with Crippen LogP contribution in [0, 0.1) is 0 Å². The quantitative estimate of drug-likeness (QED) is 0.529. The van der Waals surface area contributed by atoms with E-state index in [9.17, 15) is 18.0 Å². The van der Waals surface area contributed by atoms with Crippen molar-refractivity contribution in [2.75, 3.05) is 13.7 Å². The van der Waals surface area contributed by atoms with Gasteiger partial charge in [0.25, 0.3) is 0 Å². The maximum absolute atomic E-state index is 12.2. The van der Waals surface area contributed by atoms with E-state index < -0.39 is 16.0 Å². The molecular weight excluding hydrogens is 356 g/mol. The number of esters is 1. The van der Waals surface area contributed by atoms with E-state index in [0.29, 0.717) is 12.1 Å². The van der Waals surface area contributed by atoms with Crippen LogP contribution in [-0.4, -0.2) is 38.4 Å². The van der Waals surface area contributed by atoms with Crippen molar-refractivity contribution in [3.8, 4) is 0 Å². The lowest BCUT2D eigenvalue weighted by Crippen LogP contribution is -2.26. The summed E-state index contributed by atoms with van der Waals surface area (Å²) in [5, 5.41) is 0. The zero-order chi connectivity index (χ0) is 19.2. The van der Waals surface area contributed by atoms with E-state index in [-0.39, 0.29) is 30.1 Å². The number of rotatable bonds is 9. The molecule has 26 heavy (non-hydrogen) atoms. The third-order valence-corrected chi connectivity index (χ3v) is 5.50. The molecule has 0 aliphatic rings. The Morgan fingerprint density at radius 3 is 2.42 bits per heavy atom. The van der Waals surface area contributed by atoms with Crippen LogP contribution in [0.5, 0.6) is 0 Å². The number of benzene rings is 1. The van der Waals surface area contributed by atoms with E-state index in [0.717, 1.165) is 5.69 Å². The molecule has 2 aromatic rings. The van der Waals surface area contributed by atoms with Crippen molar-refractivity contribution < 1.29 is 22.7 Å². The van der Waals surface area contributed by atoms with E-state index in [4.69, 9.17) is 0 Å². The third kappa shape index (κ3) is 5.03. The minimum Gasteiger partial charge on any atom is -0.469 e. The minimum atomic E-state index is -3.55. The molecule has 0 aliphatic heterocycles. The number of methoxy groups -OCH3 is 1. The summed E-state index contributed by atoms with van der Waals surface area (Å²) in [5.74, 6) is -0.586. The Morgan fingerprint density at radius 1 is 1.08 bits per heavy atom. The lowest BCUT2D eigenvalue weighted by atomic mass is 10.2. The molecule has 0 amide bonds. The summed E-state index contributed by atoms with van der Waals surface area (Å²) in [5.41, 5.74) is 1.30. The topological polar surface area (TPSA) is 94.5 Å². The summed E-state index contributed by atoms with van der Waals surface area (Å²) >= 11 is 0. The normalized spacial score (nSPS) is 11.3. The number of aromatic nitrogens is 1. The molecule has 2 rings (SSSR count). The fraction of sp³-hybridized carbons (Fsp3) is 0.333. The second-order valence-corrected chi connectivity index (χ2v) is 7.50. The Balaban J connectivity index is 1.94. The van der Waals surface area contributed by atoms with Gasteiger partial charge in [-0.25, -0.2) is 13.1 Å². The number of nitrogens with one attached hydrogen (secondary N) is 1. The fourth-order valence-corrected chi connectivity index (χ4v) is 3.58. The van der Waals surface area contributed by atoms with Crippen LogP contribution in [0.3, 0.4) is 0 Å². The highest BCUT2D eigenvalue weighted by molar-refractivity contribution is 7.89. The summed E-state index contributed by atoms with van der Waals surface area (Å²) < 4.78 is 33.2. The lowest BCUT2D eigenvalue weighted by Gasteiger charge is -2.09. The Kier molecular flexibility index (Phi) is 6.70. The van der Waals surface area contributed by atoms with Gasteiger partial charge < -0.3 is 9.30 Å². The van der Waals surface area contributed by atoms with Crippen molar-refractivity contribution in [1.29, 1.82) is 0 Å². The van der Waals surface area contributed by atoms with Gasteiger partial charge in [0.15, 0.2) is 5.78 Å². The highest BCUT2D eigenvalue weighted by Gasteiger charge is 2.16. The van der Waals surface area contributed by atoms with E-state index in [2.05, 4.69) is 9.46 Å². The summed E-state index contributed by atoms with van der Waals surface area (Å²) in [6.07, 6.45) is 0.546. The highest BCUT2D eigenvalue weighted by atomic mass is 32.2. The number of nitrogens with zero attached hydrogens (tertiary/aromatic N) is 1. The molecule has 7 nitrogen and oxygen atoms in total. The minimum absolute atomic E-state index is 0.0344. The van der Waals surface area contributed by atoms with E-state index in [1.54, 1.807) is 41.9 Å². The molecule has 140 valence electrons. The van der Waals surface area contributed by atoms with Gasteiger partial charge in [0.1, 0.15) is 0 Å². The summed E-state index contributed by atoms with van der Waals surface area (Å²) in [6.45, 7) is 0.213. The number of carbonyl (C=O) groups excluding carboxylic acids is 2. The molecule has 0 aliphatic carbocycles. The van der Waals surface area contributed by atoms with Gasteiger partial charge in [-0.1, -0.05) is 18.2 Å². The zero-order valence-electron chi connectivity index (χ0n) is 14.8. The number of ether oxygens (including phenoxy) is 1. The van der Waals surface area contributed by atoms with Crippen LogP contribution in [0.4, 0.5) is 0 Å². The second kappa shape index (κ2) is 8.77. The molecule has 0 saturated carbocycles. The number of ketones is 1. The zero-order valence-corrected chi connectivity index (χ0v) is 15.6. The predicted molar refractivity (Wildman–Crippen MR) is 96.3 cm³/mol. The molecule has 1 aromatic carbocycles. The molecular formula is C18H22N2O5S. The molecule has 0 atom stereocenters. The maximum Gasteiger partial charge on any atom is 0.305 e. The van der Waals surface area contributed by atoms with Crippen LogP contribution in [0.1, 0.15) is 29.0 Å². The van der Waals surface area contributed by atoms with Gasteiger partial charge in [0, 0.05) is 32.1 Å². The van der Waals surface area contributed by atoms with E-state index in [1.165, 1.54) is 19.2 Å². The van der Waals surface area contributed by atoms with E-state index >= 15 is 0 Å². The van der Waals surface area contributed by atoms with Crippen molar-refractivity contribution in [2.24, 2.45) is 7.05 Å². The maximum atomic E-state index is 12.2. The molecule has 0 spiro atoms. The predicted octanol–water partition coefficient (Wildman–Crippen LogP) is 1.68. The van der Waals surface area contributed by atoms with Crippen molar-refractivity contribution in [3.05, 3.63) is 53.9 Å². The Morgan fingerprint density at radius 2 is 1.77 bits per heavy atom. The molecule has 0 bridgehead atoms. The highest BCUT2D eigenvalue weighted by Crippen LogP contribution is 2.12. The second-order valence-electron chi connectivity index (χ2n) is 5.73. The average molecular weight is 378 g/mol. The first-order valence-corrected chi connectivity index (χ1v) is 9.63. The molecule has 1 N–H and O–H groups in total.